The largest absolute Gasteiger partial charge is 0.496 e. The second kappa shape index (κ2) is 5.86. The second-order valence-corrected chi connectivity index (χ2v) is 3.67. The summed E-state index contributed by atoms with van der Waals surface area (Å²) in [5, 5.41) is 0. The lowest BCUT2D eigenvalue weighted by Gasteiger charge is -2.10. The minimum atomic E-state index is 0.243. The average molecular weight is 259 g/mol. The van der Waals surface area contributed by atoms with Crippen LogP contribution in [0, 0.1) is 0 Å². The molecule has 0 aliphatic heterocycles. The Hall–Kier alpha value is -2.56. The van der Waals surface area contributed by atoms with E-state index in [4.69, 9.17) is 14.2 Å². The minimum Gasteiger partial charge on any atom is -0.496 e. The number of benzene rings is 1. The van der Waals surface area contributed by atoms with E-state index in [2.05, 4.69) is 4.98 Å². The Balaban J connectivity index is 2.34. The van der Waals surface area contributed by atoms with Gasteiger partial charge < -0.3 is 14.2 Å². The van der Waals surface area contributed by atoms with Crippen LogP contribution in [0.4, 0.5) is 0 Å². The Morgan fingerprint density at radius 2 is 1.68 bits per heavy atom. The number of carbonyl (C=O) groups is 1. The molecule has 1 aromatic carbocycles. The van der Waals surface area contributed by atoms with Crippen molar-refractivity contribution in [2.24, 2.45) is 0 Å². The van der Waals surface area contributed by atoms with E-state index in [9.17, 15) is 4.79 Å². The van der Waals surface area contributed by atoms with Crippen molar-refractivity contribution in [2.45, 2.75) is 0 Å². The maximum absolute atomic E-state index is 10.9. The number of aromatic nitrogens is 1. The van der Waals surface area contributed by atoms with E-state index < -0.39 is 0 Å². The monoisotopic (exact) mass is 259 g/mol. The molecule has 1 aromatic heterocycles. The van der Waals surface area contributed by atoms with Crippen molar-refractivity contribution in [1.29, 1.82) is 0 Å². The van der Waals surface area contributed by atoms with Gasteiger partial charge >= 0.3 is 0 Å². The van der Waals surface area contributed by atoms with Gasteiger partial charge in [0.25, 0.3) is 0 Å². The highest BCUT2D eigenvalue weighted by Crippen LogP contribution is 2.30. The highest BCUT2D eigenvalue weighted by Gasteiger charge is 2.08. The van der Waals surface area contributed by atoms with Crippen LogP contribution in [-0.4, -0.2) is 25.5 Å². The topological polar surface area (TPSA) is 57.6 Å². The van der Waals surface area contributed by atoms with Gasteiger partial charge in [-0.1, -0.05) is 0 Å². The van der Waals surface area contributed by atoms with Gasteiger partial charge in [0.2, 0.25) is 5.88 Å². The number of carbonyl (C=O) groups excluding carboxylic acids is 1. The van der Waals surface area contributed by atoms with Gasteiger partial charge in [-0.05, 0) is 12.1 Å². The summed E-state index contributed by atoms with van der Waals surface area (Å²) >= 11 is 0. The second-order valence-electron chi connectivity index (χ2n) is 3.67. The van der Waals surface area contributed by atoms with Gasteiger partial charge in [0, 0.05) is 24.4 Å². The fraction of sp³-hybridized carbons (Fsp3) is 0.143. The lowest BCUT2D eigenvalue weighted by atomic mass is 10.3. The van der Waals surface area contributed by atoms with Crippen LogP contribution in [0.5, 0.6) is 23.1 Å². The van der Waals surface area contributed by atoms with Crippen LogP contribution in [0.3, 0.4) is 0 Å². The van der Waals surface area contributed by atoms with Crippen LogP contribution < -0.4 is 14.2 Å². The summed E-state index contributed by atoms with van der Waals surface area (Å²) in [6.07, 6.45) is 2.25. The summed E-state index contributed by atoms with van der Waals surface area (Å²) in [5.74, 6) is 1.92. The van der Waals surface area contributed by atoms with Crippen molar-refractivity contribution in [2.75, 3.05) is 14.2 Å². The van der Waals surface area contributed by atoms with E-state index in [0.717, 1.165) is 0 Å². The van der Waals surface area contributed by atoms with Crippen molar-refractivity contribution >= 4 is 6.29 Å². The molecule has 0 amide bonds. The number of hydrogen-bond donors (Lipinski definition) is 0. The van der Waals surface area contributed by atoms with Gasteiger partial charge in [-0.2, -0.15) is 0 Å². The Labute approximate surface area is 110 Å². The van der Waals surface area contributed by atoms with E-state index in [1.165, 1.54) is 0 Å². The van der Waals surface area contributed by atoms with Gasteiger partial charge in [-0.15, -0.1) is 0 Å². The van der Waals surface area contributed by atoms with Crippen molar-refractivity contribution in [3.8, 4) is 23.1 Å². The summed E-state index contributed by atoms with van der Waals surface area (Å²) in [6.45, 7) is 0. The number of methoxy groups -OCH3 is 2. The van der Waals surface area contributed by atoms with Crippen LogP contribution in [0.1, 0.15) is 10.4 Å². The first kappa shape index (κ1) is 12.9. The zero-order valence-electron chi connectivity index (χ0n) is 10.6. The van der Waals surface area contributed by atoms with Gasteiger partial charge in [0.05, 0.1) is 19.8 Å². The molecule has 0 spiro atoms. The molecule has 0 saturated heterocycles. The highest BCUT2D eigenvalue weighted by molar-refractivity contribution is 5.78. The van der Waals surface area contributed by atoms with Gasteiger partial charge in [-0.25, -0.2) is 4.98 Å². The lowest BCUT2D eigenvalue weighted by molar-refractivity contribution is 0.112. The predicted molar refractivity (Wildman–Crippen MR) is 69.2 cm³/mol. The molecule has 5 heteroatoms. The number of hydrogen-bond acceptors (Lipinski definition) is 5. The minimum absolute atomic E-state index is 0.243. The number of nitrogens with zero attached hydrogens (tertiary/aromatic N) is 1. The third kappa shape index (κ3) is 3.01. The first-order valence-electron chi connectivity index (χ1n) is 5.58. The summed E-state index contributed by atoms with van der Waals surface area (Å²) in [6, 6.07) is 8.40. The van der Waals surface area contributed by atoms with E-state index in [0.29, 0.717) is 29.1 Å². The van der Waals surface area contributed by atoms with Crippen molar-refractivity contribution in [3.63, 3.8) is 0 Å². The average Bonchev–Trinajstić information content (AvgIpc) is 2.47. The zero-order valence-corrected chi connectivity index (χ0v) is 10.6. The molecule has 0 aliphatic carbocycles. The summed E-state index contributed by atoms with van der Waals surface area (Å²) in [5.41, 5.74) is 0.379. The molecule has 0 atom stereocenters. The summed E-state index contributed by atoms with van der Waals surface area (Å²) in [7, 11) is 3.10. The Morgan fingerprint density at radius 3 is 2.26 bits per heavy atom. The lowest BCUT2D eigenvalue weighted by Crippen LogP contribution is -1.94. The van der Waals surface area contributed by atoms with Crippen molar-refractivity contribution < 1.29 is 19.0 Å². The normalized spacial score (nSPS) is 9.79. The summed E-state index contributed by atoms with van der Waals surface area (Å²) < 4.78 is 15.9. The molecule has 2 aromatic rings. The van der Waals surface area contributed by atoms with Crippen molar-refractivity contribution in [3.05, 3.63) is 42.1 Å². The molecule has 0 fully saturated rings. The fourth-order valence-corrected chi connectivity index (χ4v) is 1.53. The van der Waals surface area contributed by atoms with Crippen LogP contribution >= 0.6 is 0 Å². The number of aldehydes is 1. The Morgan fingerprint density at radius 1 is 1.05 bits per heavy atom. The highest BCUT2D eigenvalue weighted by atomic mass is 16.5. The molecule has 0 N–H and O–H groups in total. The molecular formula is C14H13NO4. The van der Waals surface area contributed by atoms with Crippen LogP contribution in [0.25, 0.3) is 0 Å². The number of pyridine rings is 1. The molecule has 5 nitrogen and oxygen atoms in total. The number of rotatable bonds is 5. The maximum Gasteiger partial charge on any atom is 0.229 e. The predicted octanol–water partition coefficient (Wildman–Crippen LogP) is 2.70. The molecule has 19 heavy (non-hydrogen) atoms. The fourth-order valence-electron chi connectivity index (χ4n) is 1.53. The van der Waals surface area contributed by atoms with Gasteiger partial charge in [-0.3, -0.25) is 4.79 Å². The Kier molecular flexibility index (Phi) is 3.97. The van der Waals surface area contributed by atoms with Crippen LogP contribution in [0.15, 0.2) is 36.5 Å². The quantitative estimate of drug-likeness (QED) is 0.773. The molecule has 0 radical (unpaired) electrons. The molecule has 98 valence electrons. The van der Waals surface area contributed by atoms with Gasteiger partial charge in [0.1, 0.15) is 17.2 Å². The molecule has 0 bridgehead atoms. The third-order valence-electron chi connectivity index (χ3n) is 2.47. The Bertz CT molecular complexity index is 561. The first-order valence-corrected chi connectivity index (χ1v) is 5.58. The van der Waals surface area contributed by atoms with E-state index in [-0.39, 0.29) is 5.88 Å². The molecular weight excluding hydrogens is 246 g/mol. The molecule has 0 unspecified atom stereocenters. The van der Waals surface area contributed by atoms with Crippen molar-refractivity contribution in [1.82, 2.24) is 4.98 Å². The van der Waals surface area contributed by atoms with Crippen LogP contribution in [0.2, 0.25) is 0 Å². The zero-order chi connectivity index (χ0) is 13.7. The number of ether oxygens (including phenoxy) is 3. The molecule has 2 rings (SSSR count). The third-order valence-corrected chi connectivity index (χ3v) is 2.47. The van der Waals surface area contributed by atoms with E-state index in [1.807, 2.05) is 0 Å². The first-order chi connectivity index (χ1) is 9.26. The maximum atomic E-state index is 10.9. The molecule has 0 saturated carbocycles. The SMILES string of the molecule is COc1cc(OC)cc(Oc2ncccc2C=O)c1. The summed E-state index contributed by atoms with van der Waals surface area (Å²) in [4.78, 5) is 14.9. The standard InChI is InChI=1S/C14H13NO4/c1-17-11-6-12(18-2)8-13(7-11)19-14-10(9-16)4-3-5-15-14/h3-9H,1-2H3. The van der Waals surface area contributed by atoms with E-state index >= 15 is 0 Å². The molecule has 1 heterocycles. The van der Waals surface area contributed by atoms with E-state index in [1.54, 1.807) is 50.7 Å². The smallest absolute Gasteiger partial charge is 0.229 e. The molecule has 0 aliphatic rings. The van der Waals surface area contributed by atoms with Gasteiger partial charge in [0.15, 0.2) is 6.29 Å². The van der Waals surface area contributed by atoms with Crippen LogP contribution in [-0.2, 0) is 0 Å².